The van der Waals surface area contributed by atoms with Gasteiger partial charge in [0.05, 0.1) is 5.41 Å². The van der Waals surface area contributed by atoms with Crippen LogP contribution in [0.5, 0.6) is 0 Å². The fourth-order valence-electron chi connectivity index (χ4n) is 2.32. The monoisotopic (exact) mass is 241 g/mol. The number of carbonyl (C=O) groups excluding carboxylic acids is 1. The number of carboxylic acid groups (broad SMARTS) is 1. The molecular weight excluding hydrogens is 218 g/mol. The lowest BCUT2D eigenvalue weighted by molar-refractivity contribution is -0.149. The molecule has 1 aliphatic rings. The van der Waals surface area contributed by atoms with Crippen LogP contribution < -0.4 is 5.32 Å². The highest BCUT2D eigenvalue weighted by Crippen LogP contribution is 2.25. The standard InChI is InChI=1S/C13H23NO3/c1-9-5-4-6-10(7-9)14-11(15)8-13(2,3)12(16)17/h9-10H,4-8H2,1-3H3,(H,14,15)(H,16,17). The molecule has 0 bridgehead atoms. The summed E-state index contributed by atoms with van der Waals surface area (Å²) in [7, 11) is 0. The highest BCUT2D eigenvalue weighted by molar-refractivity contribution is 5.84. The summed E-state index contributed by atoms with van der Waals surface area (Å²) in [6, 6.07) is 0.232. The third kappa shape index (κ3) is 4.36. The molecule has 0 heterocycles. The first kappa shape index (κ1) is 14.0. The van der Waals surface area contributed by atoms with E-state index in [0.29, 0.717) is 5.92 Å². The van der Waals surface area contributed by atoms with E-state index in [0.717, 1.165) is 19.3 Å². The van der Waals surface area contributed by atoms with E-state index in [1.165, 1.54) is 6.42 Å². The van der Waals surface area contributed by atoms with Crippen molar-refractivity contribution in [3.63, 3.8) is 0 Å². The van der Waals surface area contributed by atoms with E-state index in [-0.39, 0.29) is 18.4 Å². The maximum atomic E-state index is 11.8. The maximum Gasteiger partial charge on any atom is 0.309 e. The topological polar surface area (TPSA) is 66.4 Å². The minimum atomic E-state index is -0.982. The third-order valence-corrected chi connectivity index (χ3v) is 3.48. The Hall–Kier alpha value is -1.06. The quantitative estimate of drug-likeness (QED) is 0.792. The zero-order valence-corrected chi connectivity index (χ0v) is 11.0. The Morgan fingerprint density at radius 2 is 2.00 bits per heavy atom. The van der Waals surface area contributed by atoms with E-state index in [1.807, 2.05) is 0 Å². The van der Waals surface area contributed by atoms with E-state index in [4.69, 9.17) is 5.11 Å². The van der Waals surface area contributed by atoms with Crippen molar-refractivity contribution in [2.45, 2.75) is 58.9 Å². The number of carboxylic acids is 1. The highest BCUT2D eigenvalue weighted by Gasteiger charge is 2.31. The van der Waals surface area contributed by atoms with Gasteiger partial charge in [0.1, 0.15) is 0 Å². The van der Waals surface area contributed by atoms with E-state index < -0.39 is 11.4 Å². The second-order valence-corrected chi connectivity index (χ2v) is 5.90. The van der Waals surface area contributed by atoms with Crippen LogP contribution >= 0.6 is 0 Å². The van der Waals surface area contributed by atoms with Crippen molar-refractivity contribution in [1.82, 2.24) is 5.32 Å². The number of aliphatic carboxylic acids is 1. The van der Waals surface area contributed by atoms with Crippen LogP contribution in [0.15, 0.2) is 0 Å². The Bertz CT molecular complexity index is 299. The molecule has 4 heteroatoms. The average molecular weight is 241 g/mol. The molecule has 2 unspecified atom stereocenters. The SMILES string of the molecule is CC1CCCC(NC(=O)CC(C)(C)C(=O)O)C1. The molecule has 0 spiro atoms. The lowest BCUT2D eigenvalue weighted by Gasteiger charge is -2.28. The van der Waals surface area contributed by atoms with Crippen molar-refractivity contribution in [1.29, 1.82) is 0 Å². The van der Waals surface area contributed by atoms with Crippen LogP contribution in [-0.4, -0.2) is 23.0 Å². The van der Waals surface area contributed by atoms with Gasteiger partial charge in [-0.2, -0.15) is 0 Å². The molecule has 0 aromatic rings. The number of hydrogen-bond donors (Lipinski definition) is 2. The zero-order chi connectivity index (χ0) is 13.1. The summed E-state index contributed by atoms with van der Waals surface area (Å²) < 4.78 is 0. The zero-order valence-electron chi connectivity index (χ0n) is 11.0. The van der Waals surface area contributed by atoms with Crippen LogP contribution in [0.4, 0.5) is 0 Å². The lowest BCUT2D eigenvalue weighted by Crippen LogP contribution is -2.41. The smallest absolute Gasteiger partial charge is 0.309 e. The van der Waals surface area contributed by atoms with Gasteiger partial charge in [-0.05, 0) is 32.6 Å². The highest BCUT2D eigenvalue weighted by atomic mass is 16.4. The molecule has 0 saturated heterocycles. The van der Waals surface area contributed by atoms with E-state index in [9.17, 15) is 9.59 Å². The molecule has 0 radical (unpaired) electrons. The van der Waals surface area contributed by atoms with Crippen molar-refractivity contribution < 1.29 is 14.7 Å². The van der Waals surface area contributed by atoms with E-state index >= 15 is 0 Å². The van der Waals surface area contributed by atoms with Gasteiger partial charge in [0.2, 0.25) is 5.91 Å². The largest absolute Gasteiger partial charge is 0.481 e. The number of carbonyl (C=O) groups is 2. The molecule has 1 aliphatic carbocycles. The second-order valence-electron chi connectivity index (χ2n) is 5.90. The Labute approximate surface area is 103 Å². The average Bonchev–Trinajstić information content (AvgIpc) is 2.15. The number of amides is 1. The summed E-state index contributed by atoms with van der Waals surface area (Å²) in [5.74, 6) is -0.414. The number of rotatable bonds is 4. The van der Waals surface area contributed by atoms with Gasteiger partial charge < -0.3 is 10.4 Å². The Morgan fingerprint density at radius 1 is 1.35 bits per heavy atom. The molecule has 2 N–H and O–H groups in total. The molecule has 1 rings (SSSR count). The van der Waals surface area contributed by atoms with Crippen LogP contribution in [0.2, 0.25) is 0 Å². The van der Waals surface area contributed by atoms with Crippen molar-refractivity contribution in [2.75, 3.05) is 0 Å². The fraction of sp³-hybridized carbons (Fsp3) is 0.846. The fourth-order valence-corrected chi connectivity index (χ4v) is 2.32. The molecule has 1 fully saturated rings. The first-order chi connectivity index (χ1) is 7.81. The maximum absolute atomic E-state index is 11.8. The molecule has 0 aromatic heterocycles. The van der Waals surface area contributed by atoms with Gasteiger partial charge in [0, 0.05) is 12.5 Å². The Kier molecular flexibility index (Phi) is 4.54. The second kappa shape index (κ2) is 5.52. The predicted molar refractivity (Wildman–Crippen MR) is 65.6 cm³/mol. The molecule has 0 aliphatic heterocycles. The molecular formula is C13H23NO3. The van der Waals surface area contributed by atoms with Crippen LogP contribution in [0.3, 0.4) is 0 Å². The minimum absolute atomic E-state index is 0.0488. The van der Waals surface area contributed by atoms with Crippen molar-refractivity contribution in [3.05, 3.63) is 0 Å². The van der Waals surface area contributed by atoms with Crippen molar-refractivity contribution in [2.24, 2.45) is 11.3 Å². The van der Waals surface area contributed by atoms with Gasteiger partial charge in [-0.1, -0.05) is 19.8 Å². The van der Waals surface area contributed by atoms with Crippen LogP contribution in [0, 0.1) is 11.3 Å². The first-order valence-corrected chi connectivity index (χ1v) is 6.34. The summed E-state index contributed by atoms with van der Waals surface area (Å²) in [5.41, 5.74) is -0.982. The van der Waals surface area contributed by atoms with Gasteiger partial charge in [0.25, 0.3) is 0 Å². The van der Waals surface area contributed by atoms with Gasteiger partial charge in [-0.15, -0.1) is 0 Å². The summed E-state index contributed by atoms with van der Waals surface area (Å²) in [5, 5.41) is 11.9. The summed E-state index contributed by atoms with van der Waals surface area (Å²) >= 11 is 0. The minimum Gasteiger partial charge on any atom is -0.481 e. The molecule has 1 amide bonds. The molecule has 17 heavy (non-hydrogen) atoms. The Morgan fingerprint density at radius 3 is 2.53 bits per heavy atom. The number of nitrogens with one attached hydrogen (secondary N) is 1. The number of hydrogen-bond acceptors (Lipinski definition) is 2. The van der Waals surface area contributed by atoms with E-state index in [1.54, 1.807) is 13.8 Å². The van der Waals surface area contributed by atoms with Crippen LogP contribution in [-0.2, 0) is 9.59 Å². The summed E-state index contributed by atoms with van der Waals surface area (Å²) in [6.45, 7) is 5.36. The first-order valence-electron chi connectivity index (χ1n) is 6.34. The molecule has 4 nitrogen and oxygen atoms in total. The Balaban J connectivity index is 2.41. The van der Waals surface area contributed by atoms with Gasteiger partial charge >= 0.3 is 5.97 Å². The van der Waals surface area contributed by atoms with Gasteiger partial charge in [0.15, 0.2) is 0 Å². The third-order valence-electron chi connectivity index (χ3n) is 3.48. The van der Waals surface area contributed by atoms with Gasteiger partial charge in [-0.25, -0.2) is 0 Å². The normalized spacial score (nSPS) is 25.4. The van der Waals surface area contributed by atoms with Crippen molar-refractivity contribution in [3.8, 4) is 0 Å². The summed E-state index contributed by atoms with van der Waals surface area (Å²) in [6.07, 6.45) is 4.46. The molecule has 98 valence electrons. The summed E-state index contributed by atoms with van der Waals surface area (Å²) in [4.78, 5) is 22.7. The molecule has 2 atom stereocenters. The van der Waals surface area contributed by atoms with Crippen molar-refractivity contribution >= 4 is 11.9 Å². The molecule has 0 aromatic carbocycles. The van der Waals surface area contributed by atoms with Crippen LogP contribution in [0.1, 0.15) is 52.9 Å². The van der Waals surface area contributed by atoms with E-state index in [2.05, 4.69) is 12.2 Å². The molecule has 1 saturated carbocycles. The van der Waals surface area contributed by atoms with Crippen LogP contribution in [0.25, 0.3) is 0 Å². The van der Waals surface area contributed by atoms with Gasteiger partial charge in [-0.3, -0.25) is 9.59 Å². The lowest BCUT2D eigenvalue weighted by atomic mass is 9.86. The predicted octanol–water partition coefficient (Wildman–Crippen LogP) is 2.18.